The van der Waals surface area contributed by atoms with Crippen LogP contribution in [0.25, 0.3) is 5.69 Å². The van der Waals surface area contributed by atoms with Crippen molar-refractivity contribution >= 4 is 29.2 Å². The first-order valence-corrected chi connectivity index (χ1v) is 8.35. The average molecular weight is 370 g/mol. The van der Waals surface area contributed by atoms with Crippen LogP contribution in [0.5, 0.6) is 0 Å². The van der Waals surface area contributed by atoms with E-state index in [0.717, 1.165) is 5.69 Å². The van der Waals surface area contributed by atoms with Crippen molar-refractivity contribution in [2.24, 2.45) is 0 Å². The van der Waals surface area contributed by atoms with Crippen LogP contribution in [0.4, 0.5) is 5.69 Å². The van der Waals surface area contributed by atoms with Crippen molar-refractivity contribution in [1.29, 1.82) is 0 Å². The fourth-order valence-electron chi connectivity index (χ4n) is 2.34. The lowest BCUT2D eigenvalue weighted by Crippen LogP contribution is -2.12. The molecule has 3 aromatic rings. The van der Waals surface area contributed by atoms with E-state index in [0.29, 0.717) is 17.9 Å². The number of carbonyl (C=O) groups excluding carboxylic acids is 2. The number of hydrogen-bond acceptors (Lipinski definition) is 4. The Morgan fingerprint density at radius 3 is 2.46 bits per heavy atom. The first-order valence-electron chi connectivity index (χ1n) is 7.97. The van der Waals surface area contributed by atoms with Gasteiger partial charge in [-0.1, -0.05) is 29.8 Å². The van der Waals surface area contributed by atoms with E-state index in [-0.39, 0.29) is 16.6 Å². The van der Waals surface area contributed by atoms with Crippen molar-refractivity contribution in [3.63, 3.8) is 0 Å². The molecule has 0 unspecified atom stereocenters. The highest BCUT2D eigenvalue weighted by molar-refractivity contribution is 6.33. The highest BCUT2D eigenvalue weighted by Crippen LogP contribution is 2.21. The predicted octanol–water partition coefficient (Wildman–Crippen LogP) is 3.95. The second kappa shape index (κ2) is 7.84. The van der Waals surface area contributed by atoms with E-state index in [2.05, 4.69) is 10.4 Å². The highest BCUT2D eigenvalue weighted by Gasteiger charge is 2.17. The average Bonchev–Trinajstić information content (AvgIpc) is 3.05. The van der Waals surface area contributed by atoms with Crippen molar-refractivity contribution < 1.29 is 14.3 Å². The van der Waals surface area contributed by atoms with Crippen LogP contribution in [0.3, 0.4) is 0 Å². The number of anilines is 1. The number of halogens is 1. The number of hydrogen-bond donors (Lipinski definition) is 1. The number of para-hydroxylation sites is 1. The minimum atomic E-state index is -0.405. The molecule has 0 spiro atoms. The van der Waals surface area contributed by atoms with Gasteiger partial charge in [-0.3, -0.25) is 4.79 Å². The molecule has 0 saturated heterocycles. The molecule has 2 aromatic carbocycles. The molecule has 1 N–H and O–H groups in total. The lowest BCUT2D eigenvalue weighted by molar-refractivity contribution is 0.0526. The van der Waals surface area contributed by atoms with Gasteiger partial charge in [0.2, 0.25) is 0 Å². The lowest BCUT2D eigenvalue weighted by Gasteiger charge is -2.06. The standard InChI is InChI=1S/C19H16ClN3O3/c1-2-26-19(25)13-8-10-14(11-9-13)22-18(24)16-12-21-23(17(16)20)15-6-4-3-5-7-15/h3-12H,2H2,1H3,(H,22,24). The quantitative estimate of drug-likeness (QED) is 0.691. The third kappa shape index (κ3) is 3.75. The second-order valence-electron chi connectivity index (χ2n) is 5.35. The molecule has 1 aromatic heterocycles. The van der Waals surface area contributed by atoms with E-state index in [9.17, 15) is 9.59 Å². The Hall–Kier alpha value is -3.12. The zero-order valence-corrected chi connectivity index (χ0v) is 14.7. The van der Waals surface area contributed by atoms with Gasteiger partial charge in [-0.05, 0) is 43.3 Å². The summed E-state index contributed by atoms with van der Waals surface area (Å²) in [5.74, 6) is -0.793. The van der Waals surface area contributed by atoms with Crippen LogP contribution in [0.1, 0.15) is 27.6 Å². The first-order chi connectivity index (χ1) is 12.6. The van der Waals surface area contributed by atoms with Crippen LogP contribution >= 0.6 is 11.6 Å². The number of ether oxygens (including phenoxy) is 1. The molecule has 1 amide bonds. The summed E-state index contributed by atoms with van der Waals surface area (Å²) in [7, 11) is 0. The predicted molar refractivity (Wildman–Crippen MR) is 98.9 cm³/mol. The summed E-state index contributed by atoms with van der Waals surface area (Å²) >= 11 is 6.30. The topological polar surface area (TPSA) is 73.2 Å². The van der Waals surface area contributed by atoms with Gasteiger partial charge in [0.05, 0.1) is 29.6 Å². The Morgan fingerprint density at radius 1 is 1.12 bits per heavy atom. The maximum atomic E-state index is 12.5. The molecule has 6 nitrogen and oxygen atoms in total. The van der Waals surface area contributed by atoms with Gasteiger partial charge in [0.1, 0.15) is 5.15 Å². The Morgan fingerprint density at radius 2 is 1.81 bits per heavy atom. The van der Waals surface area contributed by atoms with Gasteiger partial charge >= 0.3 is 5.97 Å². The number of aromatic nitrogens is 2. The monoisotopic (exact) mass is 369 g/mol. The van der Waals surface area contributed by atoms with E-state index < -0.39 is 5.97 Å². The van der Waals surface area contributed by atoms with Gasteiger partial charge in [-0.15, -0.1) is 0 Å². The minimum absolute atomic E-state index is 0.219. The second-order valence-corrected chi connectivity index (χ2v) is 5.71. The van der Waals surface area contributed by atoms with E-state index >= 15 is 0 Å². The van der Waals surface area contributed by atoms with Crippen LogP contribution in [0.2, 0.25) is 5.15 Å². The largest absolute Gasteiger partial charge is 0.462 e. The summed E-state index contributed by atoms with van der Waals surface area (Å²) in [4.78, 5) is 24.1. The van der Waals surface area contributed by atoms with Gasteiger partial charge in [-0.2, -0.15) is 5.10 Å². The molecule has 26 heavy (non-hydrogen) atoms. The van der Waals surface area contributed by atoms with Crippen LogP contribution in [-0.2, 0) is 4.74 Å². The molecule has 0 aliphatic rings. The summed E-state index contributed by atoms with van der Waals surface area (Å²) in [5, 5.41) is 7.12. The van der Waals surface area contributed by atoms with Gasteiger partial charge in [0, 0.05) is 5.69 Å². The third-order valence-electron chi connectivity index (χ3n) is 3.61. The number of nitrogens with one attached hydrogen (secondary N) is 1. The van der Waals surface area contributed by atoms with Crippen LogP contribution in [0.15, 0.2) is 60.8 Å². The number of rotatable bonds is 5. The molecule has 0 radical (unpaired) electrons. The summed E-state index contributed by atoms with van der Waals surface area (Å²) in [5.41, 5.74) is 1.96. The molecule has 3 rings (SSSR count). The van der Waals surface area contributed by atoms with Crippen LogP contribution < -0.4 is 5.32 Å². The SMILES string of the molecule is CCOC(=O)c1ccc(NC(=O)c2cnn(-c3ccccc3)c2Cl)cc1. The van der Waals surface area contributed by atoms with Crippen molar-refractivity contribution in [1.82, 2.24) is 9.78 Å². The van der Waals surface area contributed by atoms with Crippen molar-refractivity contribution in [2.45, 2.75) is 6.92 Å². The Labute approximate surface area is 155 Å². The minimum Gasteiger partial charge on any atom is -0.462 e. The first kappa shape index (κ1) is 17.7. The maximum absolute atomic E-state index is 12.5. The normalized spacial score (nSPS) is 10.4. The summed E-state index contributed by atoms with van der Waals surface area (Å²) in [6.45, 7) is 2.05. The Balaban J connectivity index is 1.75. The number of amides is 1. The molecular weight excluding hydrogens is 354 g/mol. The molecule has 0 aliphatic carbocycles. The summed E-state index contributed by atoms with van der Waals surface area (Å²) in [6.07, 6.45) is 1.41. The molecule has 0 aliphatic heterocycles. The zero-order valence-electron chi connectivity index (χ0n) is 14.0. The maximum Gasteiger partial charge on any atom is 0.338 e. The van der Waals surface area contributed by atoms with Crippen LogP contribution in [0, 0.1) is 0 Å². The number of carbonyl (C=O) groups is 2. The van der Waals surface area contributed by atoms with Crippen molar-refractivity contribution in [3.8, 4) is 5.69 Å². The van der Waals surface area contributed by atoms with Crippen LogP contribution in [-0.4, -0.2) is 28.3 Å². The highest BCUT2D eigenvalue weighted by atomic mass is 35.5. The van der Waals surface area contributed by atoms with Gasteiger partial charge < -0.3 is 10.1 Å². The molecule has 0 atom stereocenters. The van der Waals surface area contributed by atoms with E-state index in [1.807, 2.05) is 30.3 Å². The molecule has 7 heteroatoms. The molecular formula is C19H16ClN3O3. The van der Waals surface area contributed by atoms with E-state index in [1.54, 1.807) is 31.2 Å². The number of esters is 1. The lowest BCUT2D eigenvalue weighted by atomic mass is 10.2. The zero-order chi connectivity index (χ0) is 18.5. The van der Waals surface area contributed by atoms with Gasteiger partial charge in [0.15, 0.2) is 0 Å². The van der Waals surface area contributed by atoms with Crippen molar-refractivity contribution in [3.05, 3.63) is 77.1 Å². The molecule has 132 valence electrons. The van der Waals surface area contributed by atoms with Gasteiger partial charge in [-0.25, -0.2) is 9.48 Å². The van der Waals surface area contributed by atoms with Gasteiger partial charge in [0.25, 0.3) is 5.91 Å². The molecule has 1 heterocycles. The fourth-order valence-corrected chi connectivity index (χ4v) is 2.61. The molecule has 0 fully saturated rings. The molecule has 0 saturated carbocycles. The number of benzene rings is 2. The summed E-state index contributed by atoms with van der Waals surface area (Å²) < 4.78 is 6.41. The fraction of sp³-hybridized carbons (Fsp3) is 0.105. The molecule has 0 bridgehead atoms. The van der Waals surface area contributed by atoms with E-state index in [4.69, 9.17) is 16.3 Å². The smallest absolute Gasteiger partial charge is 0.338 e. The van der Waals surface area contributed by atoms with E-state index in [1.165, 1.54) is 10.9 Å². The number of nitrogens with zero attached hydrogens (tertiary/aromatic N) is 2. The third-order valence-corrected chi connectivity index (χ3v) is 3.97. The Kier molecular flexibility index (Phi) is 5.34. The summed E-state index contributed by atoms with van der Waals surface area (Å²) in [6, 6.07) is 15.7. The Bertz CT molecular complexity index is 921. The van der Waals surface area contributed by atoms with Crippen molar-refractivity contribution in [2.75, 3.05) is 11.9 Å².